The summed E-state index contributed by atoms with van der Waals surface area (Å²) in [4.78, 5) is 12.5. The van der Waals surface area contributed by atoms with E-state index in [0.29, 0.717) is 6.42 Å². The highest BCUT2D eigenvalue weighted by molar-refractivity contribution is 5.82. The number of carbonyl (C=O) groups excluding carboxylic acids is 1. The molecule has 268 valence electrons. The first-order valence-electron chi connectivity index (χ1n) is 16.9. The first kappa shape index (κ1) is 42.6. The van der Waals surface area contributed by atoms with Crippen LogP contribution in [0, 0.1) is 17.8 Å². The van der Waals surface area contributed by atoms with Crippen molar-refractivity contribution in [3.8, 4) is 0 Å². The quantitative estimate of drug-likeness (QED) is 0.161. The van der Waals surface area contributed by atoms with E-state index in [1.165, 1.54) is 12.2 Å². The topological polar surface area (TPSA) is 188 Å². The molecule has 1 heterocycles. The van der Waals surface area contributed by atoms with E-state index in [1.807, 2.05) is 20.8 Å². The van der Waals surface area contributed by atoms with E-state index in [1.54, 1.807) is 67.7 Å². The third-order valence-electron chi connectivity index (χ3n) is 8.55. The normalized spacial score (nSPS) is 40.3. The van der Waals surface area contributed by atoms with Crippen LogP contribution in [0.15, 0.2) is 72.9 Å². The van der Waals surface area contributed by atoms with Crippen LogP contribution in [0.1, 0.15) is 79.1 Å². The van der Waals surface area contributed by atoms with Gasteiger partial charge in [-0.1, -0.05) is 101 Å². The summed E-state index contributed by atoms with van der Waals surface area (Å²) in [6.07, 6.45) is 12.2. The highest BCUT2D eigenvalue weighted by atomic mass is 16.5. The first-order valence-corrected chi connectivity index (χ1v) is 16.9. The molecule has 0 aromatic carbocycles. The summed E-state index contributed by atoms with van der Waals surface area (Å²) in [6.45, 7) is 7.55. The fourth-order valence-corrected chi connectivity index (χ4v) is 5.44. The van der Waals surface area contributed by atoms with Gasteiger partial charge in [-0.25, -0.2) is 4.79 Å². The second-order valence-corrected chi connectivity index (χ2v) is 13.0. The summed E-state index contributed by atoms with van der Waals surface area (Å²) < 4.78 is 5.74. The lowest BCUT2D eigenvalue weighted by atomic mass is 9.90. The third-order valence-corrected chi connectivity index (χ3v) is 8.55. The van der Waals surface area contributed by atoms with Crippen molar-refractivity contribution < 1.29 is 50.4 Å². The average molecular weight is 665 g/mol. The van der Waals surface area contributed by atoms with E-state index in [9.17, 15) is 45.6 Å². The van der Waals surface area contributed by atoms with Crippen LogP contribution in [-0.4, -0.2) is 102 Å². The molecule has 1 aliphatic rings. The van der Waals surface area contributed by atoms with Crippen LogP contribution in [0.25, 0.3) is 0 Å². The Morgan fingerprint density at radius 2 is 1.13 bits per heavy atom. The molecule has 10 heteroatoms. The van der Waals surface area contributed by atoms with Gasteiger partial charge in [0.1, 0.15) is 6.10 Å². The second kappa shape index (κ2) is 23.8. The maximum Gasteiger partial charge on any atom is 0.331 e. The number of esters is 1. The molecule has 47 heavy (non-hydrogen) atoms. The highest BCUT2D eigenvalue weighted by Gasteiger charge is 2.27. The van der Waals surface area contributed by atoms with Gasteiger partial charge < -0.3 is 45.6 Å². The largest absolute Gasteiger partial charge is 0.458 e. The molecular formula is C37H60O10. The van der Waals surface area contributed by atoms with Gasteiger partial charge >= 0.3 is 5.97 Å². The van der Waals surface area contributed by atoms with Crippen molar-refractivity contribution in [3.63, 3.8) is 0 Å². The predicted octanol–water partition coefficient (Wildman–Crippen LogP) is 3.19. The summed E-state index contributed by atoms with van der Waals surface area (Å²) in [5.74, 6) is -1.19. The van der Waals surface area contributed by atoms with E-state index in [0.717, 1.165) is 6.42 Å². The number of rotatable bonds is 2. The van der Waals surface area contributed by atoms with Crippen LogP contribution in [0.3, 0.4) is 0 Å². The zero-order valence-electron chi connectivity index (χ0n) is 28.4. The van der Waals surface area contributed by atoms with Crippen LogP contribution in [0.5, 0.6) is 0 Å². The van der Waals surface area contributed by atoms with Crippen molar-refractivity contribution in [1.82, 2.24) is 0 Å². The molecule has 0 bridgehead atoms. The summed E-state index contributed by atoms with van der Waals surface area (Å²) in [5, 5.41) is 83.4. The smallest absolute Gasteiger partial charge is 0.331 e. The van der Waals surface area contributed by atoms with Gasteiger partial charge in [-0.2, -0.15) is 0 Å². The molecule has 0 spiro atoms. The van der Waals surface area contributed by atoms with Crippen molar-refractivity contribution in [3.05, 3.63) is 72.9 Å². The van der Waals surface area contributed by atoms with Crippen LogP contribution in [0.4, 0.5) is 0 Å². The Balaban J connectivity index is 3.01. The van der Waals surface area contributed by atoms with Crippen LogP contribution >= 0.6 is 0 Å². The molecule has 0 saturated carbocycles. The van der Waals surface area contributed by atoms with Crippen molar-refractivity contribution in [2.24, 2.45) is 17.8 Å². The standard InChI is InChI=1S/C37H60O10/c1-5-25(2)37-26(3)17-18-28(38)19-29(39)20-30(40)21-31(41)22-32(42)23-33(43)24-35(45)27(4)34(44)15-13-11-9-7-6-8-10-12-14-16-36(46)47-37/h6-14,16-18,25-35,37-45H,5,15,19-24H2,1-4H3/b8-6+,9-7+,12-10+,13-11+,16-14+,18-17+/t25-,26-,27-,28-,29+,30-,31+,32+,33-,34+,35-,37+/m0/s1. The lowest BCUT2D eigenvalue weighted by molar-refractivity contribution is -0.147. The fourth-order valence-electron chi connectivity index (χ4n) is 5.44. The monoisotopic (exact) mass is 664 g/mol. The molecule has 0 fully saturated rings. The number of aliphatic hydroxyl groups is 8. The van der Waals surface area contributed by atoms with Gasteiger partial charge in [-0.3, -0.25) is 0 Å². The average Bonchev–Trinajstić information content (AvgIpc) is 2.99. The summed E-state index contributed by atoms with van der Waals surface area (Å²) in [5.41, 5.74) is 0. The number of allylic oxidation sites excluding steroid dienone is 8. The highest BCUT2D eigenvalue weighted by Crippen LogP contribution is 2.23. The Kier molecular flexibility index (Phi) is 21.6. The molecule has 0 unspecified atom stereocenters. The molecule has 0 aromatic rings. The van der Waals surface area contributed by atoms with E-state index < -0.39 is 66.8 Å². The molecule has 1 aliphatic heterocycles. The zero-order valence-corrected chi connectivity index (χ0v) is 28.4. The van der Waals surface area contributed by atoms with Crippen LogP contribution in [-0.2, 0) is 9.53 Å². The van der Waals surface area contributed by atoms with Gasteiger partial charge in [0.05, 0.1) is 48.8 Å². The van der Waals surface area contributed by atoms with E-state index in [4.69, 9.17) is 4.74 Å². The summed E-state index contributed by atoms with van der Waals surface area (Å²) >= 11 is 0. The van der Waals surface area contributed by atoms with Gasteiger partial charge in [-0.15, -0.1) is 0 Å². The third kappa shape index (κ3) is 19.2. The molecule has 0 amide bonds. The molecule has 1 rings (SSSR count). The maximum absolute atomic E-state index is 12.5. The van der Waals surface area contributed by atoms with Crippen molar-refractivity contribution >= 4 is 5.97 Å². The summed E-state index contributed by atoms with van der Waals surface area (Å²) in [6, 6.07) is 0. The Morgan fingerprint density at radius 1 is 0.660 bits per heavy atom. The SMILES string of the molecule is CC[C@H](C)[C@H]1OC(=O)/C=C/C=C/C=C/C=C/C=C/C[C@@H](O)[C@H](C)[C@@H](O)C[C@@H](O)C[C@H](O)C[C@H](O)C[C@@H](O)C[C@H](O)C[C@@H](O)/C=C/[C@@H]1C. The van der Waals surface area contributed by atoms with Gasteiger partial charge in [0.2, 0.25) is 0 Å². The number of hydrogen-bond donors (Lipinski definition) is 8. The summed E-state index contributed by atoms with van der Waals surface area (Å²) in [7, 11) is 0. The van der Waals surface area contributed by atoms with E-state index in [2.05, 4.69) is 0 Å². The molecular weight excluding hydrogens is 604 g/mol. The van der Waals surface area contributed by atoms with Gasteiger partial charge in [0.15, 0.2) is 0 Å². The number of cyclic esters (lactones) is 1. The van der Waals surface area contributed by atoms with E-state index in [-0.39, 0.29) is 50.4 Å². The van der Waals surface area contributed by atoms with E-state index >= 15 is 0 Å². The van der Waals surface area contributed by atoms with Gasteiger partial charge in [0.25, 0.3) is 0 Å². The minimum Gasteiger partial charge on any atom is -0.458 e. The molecule has 12 atom stereocenters. The molecule has 0 saturated heterocycles. The number of ether oxygens (including phenoxy) is 1. The molecule has 0 radical (unpaired) electrons. The number of carbonyl (C=O) groups is 1. The van der Waals surface area contributed by atoms with Crippen molar-refractivity contribution in [2.75, 3.05) is 0 Å². The fraction of sp³-hybridized carbons (Fsp3) is 0.649. The number of aliphatic hydroxyl groups excluding tert-OH is 8. The predicted molar refractivity (Wildman–Crippen MR) is 183 cm³/mol. The lowest BCUT2D eigenvalue weighted by Crippen LogP contribution is -2.34. The van der Waals surface area contributed by atoms with Crippen molar-refractivity contribution in [2.45, 2.75) is 134 Å². The zero-order chi connectivity index (χ0) is 35.4. The second-order valence-electron chi connectivity index (χ2n) is 13.0. The molecule has 10 nitrogen and oxygen atoms in total. The molecule has 8 N–H and O–H groups in total. The van der Waals surface area contributed by atoms with Crippen LogP contribution in [0.2, 0.25) is 0 Å². The maximum atomic E-state index is 12.5. The Labute approximate surface area is 280 Å². The minimum absolute atomic E-state index is 0.0516. The van der Waals surface area contributed by atoms with Gasteiger partial charge in [-0.05, 0) is 44.4 Å². The number of hydrogen-bond acceptors (Lipinski definition) is 10. The van der Waals surface area contributed by atoms with Crippen molar-refractivity contribution in [1.29, 1.82) is 0 Å². The lowest BCUT2D eigenvalue weighted by Gasteiger charge is -2.27. The Morgan fingerprint density at radius 3 is 1.66 bits per heavy atom. The van der Waals surface area contributed by atoms with Gasteiger partial charge in [0, 0.05) is 24.3 Å². The first-order chi connectivity index (χ1) is 22.2. The molecule has 0 aromatic heterocycles. The molecule has 0 aliphatic carbocycles. The Bertz CT molecular complexity index is 1030. The Hall–Kier alpha value is -2.41. The van der Waals surface area contributed by atoms with Crippen LogP contribution < -0.4 is 0 Å². The minimum atomic E-state index is -1.10.